The number of ketones is 1. The molecule has 2 aromatic carbocycles. The summed E-state index contributed by atoms with van der Waals surface area (Å²) in [6.07, 6.45) is 1.03. The van der Waals surface area contributed by atoms with Crippen molar-refractivity contribution in [2.45, 2.75) is 59.8 Å². The van der Waals surface area contributed by atoms with Crippen LogP contribution in [0.2, 0.25) is 5.02 Å². The number of hydrogen-bond donors (Lipinski definition) is 1. The zero-order valence-corrected chi connectivity index (χ0v) is 20.3. The van der Waals surface area contributed by atoms with Crippen molar-refractivity contribution in [3.63, 3.8) is 0 Å². The van der Waals surface area contributed by atoms with Gasteiger partial charge >= 0.3 is 5.69 Å². The minimum absolute atomic E-state index is 0.0395. The first-order valence-corrected chi connectivity index (χ1v) is 11.1. The van der Waals surface area contributed by atoms with E-state index in [0.717, 1.165) is 16.7 Å². The maximum atomic E-state index is 12.4. The maximum Gasteiger partial charge on any atom is 0.348 e. The van der Waals surface area contributed by atoms with Crippen molar-refractivity contribution in [2.75, 3.05) is 0 Å². The third-order valence-corrected chi connectivity index (χ3v) is 5.73. The first kappa shape index (κ1) is 23.9. The van der Waals surface area contributed by atoms with Gasteiger partial charge in [0.15, 0.2) is 5.82 Å². The van der Waals surface area contributed by atoms with Gasteiger partial charge in [-0.2, -0.15) is 4.98 Å². The molecule has 0 saturated heterocycles. The molecule has 32 heavy (non-hydrogen) atoms. The van der Waals surface area contributed by atoms with Crippen molar-refractivity contribution in [3.8, 4) is 22.8 Å². The lowest BCUT2D eigenvalue weighted by Gasteiger charge is -2.19. The standard InChI is InChI=1S/C26H30ClN3O2/c1-25(2,3)18-9-7-8-17(15-18)22-28-23(30-24(32)29-22)19-14-16(10-12-20(19)27)11-13-21(31)26(4,5)6/h7-10,12,14-15H,11,13H2,1-6H3,(H,28,29,30,32). The predicted molar refractivity (Wildman–Crippen MR) is 130 cm³/mol. The van der Waals surface area contributed by atoms with E-state index < -0.39 is 5.69 Å². The highest BCUT2D eigenvalue weighted by molar-refractivity contribution is 6.33. The molecule has 168 valence electrons. The second-order valence-corrected chi connectivity index (χ2v) is 10.6. The largest absolute Gasteiger partial charge is 0.348 e. The lowest BCUT2D eigenvalue weighted by Crippen LogP contribution is -2.20. The average Bonchev–Trinajstić information content (AvgIpc) is 2.71. The highest BCUT2D eigenvalue weighted by Crippen LogP contribution is 2.29. The van der Waals surface area contributed by atoms with E-state index in [0.29, 0.717) is 35.1 Å². The molecule has 0 aliphatic rings. The Hall–Kier alpha value is -2.79. The molecule has 1 heterocycles. The molecule has 1 N–H and O–H groups in total. The van der Waals surface area contributed by atoms with Gasteiger partial charge in [0, 0.05) is 23.0 Å². The molecule has 0 amide bonds. The minimum Gasteiger partial charge on any atom is -0.299 e. The summed E-state index contributed by atoms with van der Waals surface area (Å²) in [6.45, 7) is 12.2. The van der Waals surface area contributed by atoms with E-state index in [1.807, 2.05) is 51.1 Å². The number of carbonyl (C=O) groups excluding carboxylic acids is 1. The number of aryl methyl sites for hydroxylation is 1. The third-order valence-electron chi connectivity index (χ3n) is 5.40. The Kier molecular flexibility index (Phi) is 6.70. The fourth-order valence-electron chi connectivity index (χ4n) is 3.31. The highest BCUT2D eigenvalue weighted by atomic mass is 35.5. The predicted octanol–water partition coefficient (Wildman–Crippen LogP) is 6.00. The number of H-pyrrole nitrogens is 1. The van der Waals surface area contributed by atoms with Gasteiger partial charge in [-0.15, -0.1) is 0 Å². The van der Waals surface area contributed by atoms with Crippen molar-refractivity contribution in [1.82, 2.24) is 15.0 Å². The zero-order valence-electron chi connectivity index (χ0n) is 19.5. The van der Waals surface area contributed by atoms with Gasteiger partial charge in [-0.3, -0.25) is 9.78 Å². The van der Waals surface area contributed by atoms with Crippen LogP contribution >= 0.6 is 11.6 Å². The van der Waals surface area contributed by atoms with Gasteiger partial charge in [-0.05, 0) is 41.2 Å². The van der Waals surface area contributed by atoms with Crippen LogP contribution in [-0.2, 0) is 16.6 Å². The van der Waals surface area contributed by atoms with Gasteiger partial charge in [0.05, 0.1) is 5.02 Å². The van der Waals surface area contributed by atoms with Gasteiger partial charge in [-0.25, -0.2) is 9.78 Å². The van der Waals surface area contributed by atoms with E-state index >= 15 is 0 Å². The lowest BCUT2D eigenvalue weighted by atomic mass is 9.86. The number of aromatic amines is 1. The molecule has 3 aromatic rings. The fraction of sp³-hybridized carbons (Fsp3) is 0.385. The van der Waals surface area contributed by atoms with Crippen LogP contribution in [0.15, 0.2) is 47.3 Å². The first-order valence-electron chi connectivity index (χ1n) is 10.8. The molecule has 1 aromatic heterocycles. The van der Waals surface area contributed by atoms with E-state index in [9.17, 15) is 9.59 Å². The molecule has 0 unspecified atom stereocenters. The maximum absolute atomic E-state index is 12.4. The van der Waals surface area contributed by atoms with Crippen molar-refractivity contribution in [2.24, 2.45) is 5.41 Å². The van der Waals surface area contributed by atoms with Gasteiger partial charge in [0.25, 0.3) is 0 Å². The number of nitrogens with zero attached hydrogens (tertiary/aromatic N) is 2. The first-order chi connectivity index (χ1) is 14.8. The molecule has 5 nitrogen and oxygen atoms in total. The van der Waals surface area contributed by atoms with Crippen LogP contribution in [0.25, 0.3) is 22.8 Å². The van der Waals surface area contributed by atoms with E-state index in [4.69, 9.17) is 11.6 Å². The second kappa shape index (κ2) is 8.99. The van der Waals surface area contributed by atoms with Gasteiger partial charge < -0.3 is 0 Å². The van der Waals surface area contributed by atoms with Crippen LogP contribution in [0, 0.1) is 5.41 Å². The van der Waals surface area contributed by atoms with Crippen molar-refractivity contribution in [1.29, 1.82) is 0 Å². The van der Waals surface area contributed by atoms with E-state index in [2.05, 4.69) is 41.8 Å². The summed E-state index contributed by atoms with van der Waals surface area (Å²) in [6, 6.07) is 13.4. The summed E-state index contributed by atoms with van der Waals surface area (Å²) < 4.78 is 0. The van der Waals surface area contributed by atoms with Crippen molar-refractivity contribution >= 4 is 17.4 Å². The van der Waals surface area contributed by atoms with Crippen LogP contribution in [0.4, 0.5) is 0 Å². The smallest absolute Gasteiger partial charge is 0.299 e. The normalized spacial score (nSPS) is 12.1. The number of Topliss-reactive ketones (excluding diaryl/α,β-unsaturated/α-hetero) is 1. The average molecular weight is 452 g/mol. The summed E-state index contributed by atoms with van der Waals surface area (Å²) in [5.74, 6) is 0.903. The number of hydrogen-bond acceptors (Lipinski definition) is 4. The van der Waals surface area contributed by atoms with Gasteiger partial charge in [-0.1, -0.05) is 77.4 Å². The monoisotopic (exact) mass is 451 g/mol. The van der Waals surface area contributed by atoms with Crippen LogP contribution in [0.1, 0.15) is 59.1 Å². The van der Waals surface area contributed by atoms with Crippen LogP contribution in [0.5, 0.6) is 0 Å². The molecule has 0 spiro atoms. The number of carbonyl (C=O) groups is 1. The minimum atomic E-state index is -0.490. The highest BCUT2D eigenvalue weighted by Gasteiger charge is 2.21. The fourth-order valence-corrected chi connectivity index (χ4v) is 3.52. The Bertz CT molecular complexity index is 1200. The lowest BCUT2D eigenvalue weighted by molar-refractivity contribution is -0.126. The van der Waals surface area contributed by atoms with Crippen molar-refractivity contribution in [3.05, 3.63) is 69.1 Å². The Morgan fingerprint density at radius 2 is 1.72 bits per heavy atom. The molecule has 0 atom stereocenters. The van der Waals surface area contributed by atoms with E-state index in [-0.39, 0.29) is 16.6 Å². The second-order valence-electron chi connectivity index (χ2n) is 10.1. The SMILES string of the molecule is CC(C)(C)C(=O)CCc1ccc(Cl)c(-c2nc(-c3cccc(C(C)(C)C)c3)nc(=O)[nH]2)c1. The van der Waals surface area contributed by atoms with Gasteiger partial charge in [0.1, 0.15) is 11.6 Å². The number of halogens is 1. The molecular formula is C26H30ClN3O2. The Balaban J connectivity index is 1.98. The molecule has 0 bridgehead atoms. The molecule has 0 aliphatic heterocycles. The number of benzene rings is 2. The van der Waals surface area contributed by atoms with E-state index in [1.165, 1.54) is 0 Å². The summed E-state index contributed by atoms with van der Waals surface area (Å²) in [4.78, 5) is 36.1. The molecule has 0 radical (unpaired) electrons. The Labute approximate surface area is 194 Å². The number of aromatic nitrogens is 3. The van der Waals surface area contributed by atoms with E-state index in [1.54, 1.807) is 6.07 Å². The van der Waals surface area contributed by atoms with Crippen LogP contribution in [0.3, 0.4) is 0 Å². The summed E-state index contributed by atoms with van der Waals surface area (Å²) in [5, 5.41) is 0.472. The number of rotatable bonds is 5. The van der Waals surface area contributed by atoms with Crippen LogP contribution in [-0.4, -0.2) is 20.7 Å². The van der Waals surface area contributed by atoms with Gasteiger partial charge in [0.2, 0.25) is 0 Å². The summed E-state index contributed by atoms with van der Waals surface area (Å²) >= 11 is 6.45. The molecule has 6 heteroatoms. The number of nitrogens with one attached hydrogen (secondary N) is 1. The molecule has 0 saturated carbocycles. The Morgan fingerprint density at radius 3 is 2.38 bits per heavy atom. The quantitative estimate of drug-likeness (QED) is 0.516. The topological polar surface area (TPSA) is 75.7 Å². The zero-order chi connectivity index (χ0) is 23.7. The third kappa shape index (κ3) is 5.71. The molecule has 3 rings (SSSR count). The summed E-state index contributed by atoms with van der Waals surface area (Å²) in [7, 11) is 0. The Morgan fingerprint density at radius 1 is 1.00 bits per heavy atom. The summed E-state index contributed by atoms with van der Waals surface area (Å²) in [5.41, 5.74) is 2.57. The molecule has 0 aliphatic carbocycles. The van der Waals surface area contributed by atoms with Crippen LogP contribution < -0.4 is 5.69 Å². The molecule has 0 fully saturated rings. The van der Waals surface area contributed by atoms with Crippen molar-refractivity contribution < 1.29 is 4.79 Å². The molecular weight excluding hydrogens is 422 g/mol.